The molecule has 4 rings (SSSR count). The molecule has 154 valence electrons. The summed E-state index contributed by atoms with van der Waals surface area (Å²) in [6.07, 6.45) is -0.0546. The molecule has 30 heavy (non-hydrogen) atoms. The molecule has 3 aromatic rings. The van der Waals surface area contributed by atoms with Crippen LogP contribution in [0, 0.1) is 0 Å². The van der Waals surface area contributed by atoms with Crippen molar-refractivity contribution in [3.8, 4) is 0 Å². The predicted octanol–water partition coefficient (Wildman–Crippen LogP) is 4.05. The highest BCUT2D eigenvalue weighted by Gasteiger charge is 2.47. The fourth-order valence-electron chi connectivity index (χ4n) is 3.63. The van der Waals surface area contributed by atoms with Gasteiger partial charge in [-0.2, -0.15) is 0 Å². The number of sulfone groups is 2. The van der Waals surface area contributed by atoms with Crippen LogP contribution in [0.4, 0.5) is 5.69 Å². The second-order valence-electron chi connectivity index (χ2n) is 7.07. The summed E-state index contributed by atoms with van der Waals surface area (Å²) in [4.78, 5) is 2.16. The highest BCUT2D eigenvalue weighted by Crippen LogP contribution is 2.44. The predicted molar refractivity (Wildman–Crippen MR) is 118 cm³/mol. The van der Waals surface area contributed by atoms with Gasteiger partial charge in [-0.1, -0.05) is 54.6 Å². The SMILES string of the molecule is CN(C1=C(S(=O)(=O)c2ccccc2)CC1S(=O)(=O)c1ccccc1)c1ccccc1. The number of anilines is 1. The van der Waals surface area contributed by atoms with Gasteiger partial charge >= 0.3 is 0 Å². The van der Waals surface area contributed by atoms with Crippen LogP contribution >= 0.6 is 0 Å². The first-order valence-corrected chi connectivity index (χ1v) is 12.5. The number of para-hydroxylation sites is 1. The van der Waals surface area contributed by atoms with Crippen LogP contribution in [0.25, 0.3) is 0 Å². The largest absolute Gasteiger partial charge is 0.346 e. The van der Waals surface area contributed by atoms with Crippen LogP contribution in [0.3, 0.4) is 0 Å². The Bertz CT molecular complexity index is 1290. The van der Waals surface area contributed by atoms with Gasteiger partial charge in [0.25, 0.3) is 0 Å². The van der Waals surface area contributed by atoms with Gasteiger partial charge in [-0.15, -0.1) is 0 Å². The molecule has 5 nitrogen and oxygen atoms in total. The maximum atomic E-state index is 13.3. The second kappa shape index (κ2) is 7.74. The van der Waals surface area contributed by atoms with Crippen molar-refractivity contribution in [2.75, 3.05) is 11.9 Å². The lowest BCUT2D eigenvalue weighted by atomic mass is 10.0. The van der Waals surface area contributed by atoms with Gasteiger partial charge in [0.05, 0.1) is 20.4 Å². The van der Waals surface area contributed by atoms with Crippen molar-refractivity contribution in [3.63, 3.8) is 0 Å². The molecule has 0 aromatic heterocycles. The molecule has 1 atom stereocenters. The molecule has 3 aromatic carbocycles. The highest BCUT2D eigenvalue weighted by molar-refractivity contribution is 7.96. The van der Waals surface area contributed by atoms with Gasteiger partial charge < -0.3 is 4.90 Å². The van der Waals surface area contributed by atoms with E-state index in [2.05, 4.69) is 0 Å². The monoisotopic (exact) mass is 439 g/mol. The van der Waals surface area contributed by atoms with Gasteiger partial charge in [-0.05, 0) is 36.4 Å². The van der Waals surface area contributed by atoms with Gasteiger partial charge in [0.2, 0.25) is 9.84 Å². The third-order valence-electron chi connectivity index (χ3n) is 5.29. The second-order valence-corrected chi connectivity index (χ2v) is 11.2. The van der Waals surface area contributed by atoms with Crippen molar-refractivity contribution < 1.29 is 16.8 Å². The fourth-order valence-corrected chi connectivity index (χ4v) is 7.40. The first-order valence-electron chi connectivity index (χ1n) is 9.44. The van der Waals surface area contributed by atoms with Crippen LogP contribution in [0.2, 0.25) is 0 Å². The van der Waals surface area contributed by atoms with Crippen molar-refractivity contribution in [1.82, 2.24) is 0 Å². The van der Waals surface area contributed by atoms with Crippen LogP contribution in [0.15, 0.2) is 111 Å². The quantitative estimate of drug-likeness (QED) is 0.579. The summed E-state index contributed by atoms with van der Waals surface area (Å²) in [6, 6.07) is 25.4. The van der Waals surface area contributed by atoms with E-state index in [4.69, 9.17) is 0 Å². The van der Waals surface area contributed by atoms with E-state index < -0.39 is 24.9 Å². The Labute approximate surface area is 177 Å². The number of hydrogen-bond acceptors (Lipinski definition) is 5. The Kier molecular flexibility index (Phi) is 5.26. The summed E-state index contributed by atoms with van der Waals surface area (Å²) >= 11 is 0. The van der Waals surface area contributed by atoms with E-state index in [1.54, 1.807) is 60.5 Å². The average Bonchev–Trinajstić information content (AvgIpc) is 2.74. The van der Waals surface area contributed by atoms with Crippen molar-refractivity contribution >= 4 is 25.4 Å². The summed E-state index contributed by atoms with van der Waals surface area (Å²) in [7, 11) is -5.84. The molecule has 0 amide bonds. The Morgan fingerprint density at radius 1 is 0.700 bits per heavy atom. The molecule has 0 heterocycles. The number of allylic oxidation sites excluding steroid dienone is 1. The van der Waals surface area contributed by atoms with E-state index >= 15 is 0 Å². The van der Waals surface area contributed by atoms with E-state index in [-0.39, 0.29) is 21.1 Å². The van der Waals surface area contributed by atoms with Crippen LogP contribution in [0.5, 0.6) is 0 Å². The van der Waals surface area contributed by atoms with E-state index in [1.807, 2.05) is 30.3 Å². The van der Waals surface area contributed by atoms with Crippen molar-refractivity contribution in [1.29, 1.82) is 0 Å². The minimum absolute atomic E-state index is 0.0546. The zero-order valence-corrected chi connectivity index (χ0v) is 18.0. The summed E-state index contributed by atoms with van der Waals surface area (Å²) in [5.41, 5.74) is 1.02. The zero-order chi connectivity index (χ0) is 21.4. The molecule has 0 radical (unpaired) electrons. The van der Waals surface area contributed by atoms with E-state index in [0.717, 1.165) is 5.69 Å². The molecule has 1 aliphatic carbocycles. The van der Waals surface area contributed by atoms with Gasteiger partial charge in [0.1, 0.15) is 5.25 Å². The van der Waals surface area contributed by atoms with E-state index in [1.165, 1.54) is 12.1 Å². The lowest BCUT2D eigenvalue weighted by Gasteiger charge is -2.38. The van der Waals surface area contributed by atoms with Crippen LogP contribution in [-0.4, -0.2) is 29.1 Å². The molecule has 7 heteroatoms. The molecule has 0 saturated carbocycles. The molecular weight excluding hydrogens is 418 g/mol. The first kappa shape index (κ1) is 20.4. The van der Waals surface area contributed by atoms with Gasteiger partial charge in [-0.25, -0.2) is 16.8 Å². The number of nitrogens with zero attached hydrogens (tertiary/aromatic N) is 1. The smallest absolute Gasteiger partial charge is 0.204 e. The van der Waals surface area contributed by atoms with Crippen molar-refractivity contribution in [3.05, 3.63) is 102 Å². The van der Waals surface area contributed by atoms with Crippen LogP contribution in [0.1, 0.15) is 6.42 Å². The topological polar surface area (TPSA) is 71.5 Å². The van der Waals surface area contributed by atoms with Gasteiger partial charge in [0.15, 0.2) is 9.84 Å². The summed E-state index contributed by atoms with van der Waals surface area (Å²) < 4.78 is 53.2. The third kappa shape index (κ3) is 3.44. The molecule has 0 aliphatic heterocycles. The molecule has 0 bridgehead atoms. The molecule has 0 saturated heterocycles. The number of hydrogen-bond donors (Lipinski definition) is 0. The standard InChI is InChI=1S/C23H21NO4S2/c1-24(18-11-5-2-6-12-18)23-21(29(25,26)19-13-7-3-8-14-19)17-22(23)30(27,28)20-15-9-4-10-16-20/h2-16,21H,17H2,1H3. The maximum Gasteiger partial charge on any atom is 0.204 e. The lowest BCUT2D eigenvalue weighted by molar-refractivity contribution is 0.571. The number of rotatable bonds is 6. The van der Waals surface area contributed by atoms with E-state index in [0.29, 0.717) is 5.70 Å². The number of benzene rings is 3. The maximum absolute atomic E-state index is 13.3. The molecule has 0 N–H and O–H groups in total. The fraction of sp³-hybridized carbons (Fsp3) is 0.130. The highest BCUT2D eigenvalue weighted by atomic mass is 32.2. The van der Waals surface area contributed by atoms with E-state index in [9.17, 15) is 16.8 Å². The normalized spacial score (nSPS) is 16.8. The molecule has 0 fully saturated rings. The van der Waals surface area contributed by atoms with Gasteiger partial charge in [0, 0.05) is 19.2 Å². The summed E-state index contributed by atoms with van der Waals surface area (Å²) in [5.74, 6) is 0. The minimum atomic E-state index is -3.81. The Hall–Kier alpha value is -2.90. The average molecular weight is 440 g/mol. The molecule has 1 aliphatic rings. The van der Waals surface area contributed by atoms with Crippen LogP contribution < -0.4 is 4.90 Å². The Morgan fingerprint density at radius 3 is 1.70 bits per heavy atom. The minimum Gasteiger partial charge on any atom is -0.346 e. The Balaban J connectivity index is 1.86. The molecule has 0 spiro atoms. The molecule has 1 unspecified atom stereocenters. The van der Waals surface area contributed by atoms with Gasteiger partial charge in [-0.3, -0.25) is 0 Å². The Morgan fingerprint density at radius 2 is 1.17 bits per heavy atom. The van der Waals surface area contributed by atoms with Crippen LogP contribution in [-0.2, 0) is 19.7 Å². The molecular formula is C23H21NO4S2. The van der Waals surface area contributed by atoms with Crippen molar-refractivity contribution in [2.24, 2.45) is 0 Å². The zero-order valence-electron chi connectivity index (χ0n) is 16.3. The first-order chi connectivity index (χ1) is 14.3. The lowest BCUT2D eigenvalue weighted by Crippen LogP contribution is -2.43. The van der Waals surface area contributed by atoms with Crippen molar-refractivity contribution in [2.45, 2.75) is 21.5 Å². The third-order valence-corrected chi connectivity index (χ3v) is 9.28. The summed E-state index contributed by atoms with van der Waals surface area (Å²) in [5, 5.41) is -0.932. The summed E-state index contributed by atoms with van der Waals surface area (Å²) in [6.45, 7) is 0.